The Morgan fingerprint density at radius 3 is 2.61 bits per heavy atom. The molecular weight excluding hydrogens is 314 g/mol. The van der Waals surface area contributed by atoms with Crippen LogP contribution in [-0.2, 0) is 16.9 Å². The summed E-state index contributed by atoms with van der Waals surface area (Å²) in [5, 5.41) is 3.31. The van der Waals surface area contributed by atoms with Gasteiger partial charge in [-0.1, -0.05) is 35.9 Å². The number of aryl methyl sites for hydroxylation is 1. The van der Waals surface area contributed by atoms with Crippen LogP contribution in [0.2, 0.25) is 5.02 Å². The van der Waals surface area contributed by atoms with E-state index in [1.165, 1.54) is 11.1 Å². The fourth-order valence-electron chi connectivity index (χ4n) is 2.82. The first-order valence-corrected chi connectivity index (χ1v) is 7.60. The Labute approximate surface area is 139 Å². The predicted octanol–water partition coefficient (Wildman–Crippen LogP) is 3.01. The summed E-state index contributed by atoms with van der Waals surface area (Å²) in [4.78, 5) is 30.5. The largest absolute Gasteiger partial charge is 0.325 e. The smallest absolute Gasteiger partial charge is 0.319 e. The minimum atomic E-state index is -1.06. The molecule has 1 unspecified atom stereocenters. The van der Waals surface area contributed by atoms with E-state index >= 15 is 0 Å². The number of aromatic nitrogens is 1. The normalized spacial score (nSPS) is 20.7. The van der Waals surface area contributed by atoms with Crippen molar-refractivity contribution in [1.82, 2.24) is 15.2 Å². The number of hydrogen-bond donors (Lipinski definition) is 1. The number of amides is 3. The van der Waals surface area contributed by atoms with Gasteiger partial charge in [-0.15, -0.1) is 0 Å². The first kappa shape index (κ1) is 15.5. The lowest BCUT2D eigenvalue weighted by molar-refractivity contribution is -0.131. The van der Waals surface area contributed by atoms with Crippen molar-refractivity contribution in [3.8, 4) is 0 Å². The van der Waals surface area contributed by atoms with Crippen LogP contribution in [0.4, 0.5) is 4.79 Å². The highest BCUT2D eigenvalue weighted by atomic mass is 35.5. The van der Waals surface area contributed by atoms with Gasteiger partial charge in [0.15, 0.2) is 0 Å². The van der Waals surface area contributed by atoms with E-state index in [9.17, 15) is 9.59 Å². The van der Waals surface area contributed by atoms with E-state index in [0.717, 1.165) is 11.1 Å². The quantitative estimate of drug-likeness (QED) is 0.880. The van der Waals surface area contributed by atoms with Crippen LogP contribution >= 0.6 is 11.6 Å². The molecule has 1 fully saturated rings. The number of nitrogens with zero attached hydrogens (tertiary/aromatic N) is 2. The lowest BCUT2D eigenvalue weighted by atomic mass is 9.88. The van der Waals surface area contributed by atoms with Crippen LogP contribution in [0.3, 0.4) is 0 Å². The molecule has 1 saturated heterocycles. The monoisotopic (exact) mass is 329 g/mol. The van der Waals surface area contributed by atoms with Crippen LogP contribution in [0, 0.1) is 6.92 Å². The second-order valence-corrected chi connectivity index (χ2v) is 6.17. The second kappa shape index (κ2) is 5.66. The molecule has 1 aromatic carbocycles. The number of benzene rings is 1. The number of carbonyl (C=O) groups excluding carboxylic acids is 2. The SMILES string of the molecule is Cc1ccccc1C1(C)NC(=O)N(Cc2ccc(Cl)cn2)C1=O. The minimum absolute atomic E-state index is 0.114. The average molecular weight is 330 g/mol. The summed E-state index contributed by atoms with van der Waals surface area (Å²) >= 11 is 5.81. The van der Waals surface area contributed by atoms with E-state index in [4.69, 9.17) is 11.6 Å². The maximum Gasteiger partial charge on any atom is 0.325 e. The second-order valence-electron chi connectivity index (χ2n) is 5.73. The van der Waals surface area contributed by atoms with Crippen molar-refractivity contribution in [2.45, 2.75) is 25.9 Å². The first-order valence-electron chi connectivity index (χ1n) is 7.22. The summed E-state index contributed by atoms with van der Waals surface area (Å²) < 4.78 is 0. The van der Waals surface area contributed by atoms with Crippen molar-refractivity contribution in [3.05, 3.63) is 64.4 Å². The summed E-state index contributed by atoms with van der Waals surface area (Å²) in [7, 11) is 0. The highest BCUT2D eigenvalue weighted by Gasteiger charge is 2.49. The zero-order valence-electron chi connectivity index (χ0n) is 12.8. The molecule has 0 bridgehead atoms. The number of imide groups is 1. The molecule has 5 nitrogen and oxygen atoms in total. The molecule has 1 aromatic heterocycles. The molecule has 2 heterocycles. The minimum Gasteiger partial charge on any atom is -0.319 e. The molecule has 0 spiro atoms. The van der Waals surface area contributed by atoms with E-state index in [-0.39, 0.29) is 12.5 Å². The van der Waals surface area contributed by atoms with Gasteiger partial charge < -0.3 is 5.32 Å². The molecule has 6 heteroatoms. The van der Waals surface area contributed by atoms with Gasteiger partial charge in [0.05, 0.1) is 17.3 Å². The van der Waals surface area contributed by atoms with Crippen molar-refractivity contribution >= 4 is 23.5 Å². The van der Waals surface area contributed by atoms with Crippen LogP contribution in [-0.4, -0.2) is 21.8 Å². The highest BCUT2D eigenvalue weighted by molar-refractivity contribution is 6.30. The predicted molar refractivity (Wildman–Crippen MR) is 86.9 cm³/mol. The average Bonchev–Trinajstić information content (AvgIpc) is 2.74. The number of carbonyl (C=O) groups is 2. The molecule has 23 heavy (non-hydrogen) atoms. The van der Waals surface area contributed by atoms with Gasteiger partial charge in [0, 0.05) is 6.20 Å². The molecule has 1 N–H and O–H groups in total. The Hall–Kier alpha value is -2.40. The van der Waals surface area contributed by atoms with Crippen molar-refractivity contribution < 1.29 is 9.59 Å². The van der Waals surface area contributed by atoms with Gasteiger partial charge in [0.25, 0.3) is 5.91 Å². The standard InChI is InChI=1S/C17H16ClN3O2/c1-11-5-3-4-6-14(11)17(2)15(22)21(16(23)20-17)10-13-8-7-12(18)9-19-13/h3-9H,10H2,1-2H3,(H,20,23). The Morgan fingerprint density at radius 2 is 1.96 bits per heavy atom. The Morgan fingerprint density at radius 1 is 1.22 bits per heavy atom. The molecule has 0 aliphatic carbocycles. The van der Waals surface area contributed by atoms with E-state index in [1.807, 2.05) is 31.2 Å². The summed E-state index contributed by atoms with van der Waals surface area (Å²) in [5.74, 6) is -0.284. The van der Waals surface area contributed by atoms with Gasteiger partial charge in [-0.3, -0.25) is 14.7 Å². The number of urea groups is 1. The van der Waals surface area contributed by atoms with Crippen LogP contribution in [0.5, 0.6) is 0 Å². The zero-order valence-corrected chi connectivity index (χ0v) is 13.6. The molecule has 1 aliphatic heterocycles. The molecule has 1 aliphatic rings. The molecule has 1 atom stereocenters. The lowest BCUT2D eigenvalue weighted by Crippen LogP contribution is -2.41. The number of nitrogens with one attached hydrogen (secondary N) is 1. The molecule has 118 valence electrons. The third kappa shape index (κ3) is 2.68. The number of halogens is 1. The van der Waals surface area contributed by atoms with Gasteiger partial charge in [0.2, 0.25) is 0 Å². The Bertz CT molecular complexity index is 776. The van der Waals surface area contributed by atoms with E-state index in [2.05, 4.69) is 10.3 Å². The van der Waals surface area contributed by atoms with E-state index in [0.29, 0.717) is 10.7 Å². The fourth-order valence-corrected chi connectivity index (χ4v) is 2.93. The van der Waals surface area contributed by atoms with Gasteiger partial charge in [-0.25, -0.2) is 4.79 Å². The third-order valence-electron chi connectivity index (χ3n) is 4.07. The van der Waals surface area contributed by atoms with Crippen molar-refractivity contribution in [1.29, 1.82) is 0 Å². The molecule has 0 saturated carbocycles. The van der Waals surface area contributed by atoms with Crippen LogP contribution in [0.15, 0.2) is 42.6 Å². The molecular formula is C17H16ClN3O2. The van der Waals surface area contributed by atoms with Gasteiger partial charge in [-0.05, 0) is 37.1 Å². The Balaban J connectivity index is 1.91. The van der Waals surface area contributed by atoms with E-state index < -0.39 is 11.6 Å². The van der Waals surface area contributed by atoms with Crippen molar-refractivity contribution in [3.63, 3.8) is 0 Å². The lowest BCUT2D eigenvalue weighted by Gasteiger charge is -2.24. The number of rotatable bonds is 3. The molecule has 0 radical (unpaired) electrons. The molecule has 3 rings (SSSR count). The maximum atomic E-state index is 12.9. The zero-order chi connectivity index (χ0) is 16.6. The summed E-state index contributed by atoms with van der Waals surface area (Å²) in [5.41, 5.74) is 1.29. The Kier molecular flexibility index (Phi) is 3.82. The molecule has 3 amide bonds. The van der Waals surface area contributed by atoms with Crippen LogP contribution in [0.1, 0.15) is 23.7 Å². The number of hydrogen-bond acceptors (Lipinski definition) is 3. The summed E-state index contributed by atoms with van der Waals surface area (Å²) in [6, 6.07) is 10.5. The maximum absolute atomic E-state index is 12.9. The van der Waals surface area contributed by atoms with Crippen LogP contribution in [0.25, 0.3) is 0 Å². The third-order valence-corrected chi connectivity index (χ3v) is 4.29. The molecule has 2 aromatic rings. The topological polar surface area (TPSA) is 62.3 Å². The first-order chi connectivity index (χ1) is 10.9. The number of pyridine rings is 1. The summed E-state index contributed by atoms with van der Waals surface area (Å²) in [6.45, 7) is 3.76. The van der Waals surface area contributed by atoms with Gasteiger partial charge in [-0.2, -0.15) is 0 Å². The summed E-state index contributed by atoms with van der Waals surface area (Å²) in [6.07, 6.45) is 1.50. The van der Waals surface area contributed by atoms with Gasteiger partial charge >= 0.3 is 6.03 Å². The van der Waals surface area contributed by atoms with Gasteiger partial charge in [0.1, 0.15) is 5.54 Å². The van der Waals surface area contributed by atoms with Crippen molar-refractivity contribution in [2.75, 3.05) is 0 Å². The van der Waals surface area contributed by atoms with Crippen LogP contribution < -0.4 is 5.32 Å². The fraction of sp³-hybridized carbons (Fsp3) is 0.235. The highest BCUT2D eigenvalue weighted by Crippen LogP contribution is 2.31. The van der Waals surface area contributed by atoms with Crippen molar-refractivity contribution in [2.24, 2.45) is 0 Å². The van der Waals surface area contributed by atoms with E-state index in [1.54, 1.807) is 19.1 Å².